The molecule has 3 nitrogen and oxygen atoms in total. The van der Waals surface area contributed by atoms with Gasteiger partial charge < -0.3 is 4.74 Å². The number of aromatic nitrogens is 2. The van der Waals surface area contributed by atoms with Crippen molar-refractivity contribution in [2.45, 2.75) is 31.5 Å². The van der Waals surface area contributed by atoms with E-state index in [1.165, 1.54) is 12.1 Å². The lowest BCUT2D eigenvalue weighted by Gasteiger charge is -2.27. The molecular formula is C19H14ClF3N2O. The number of nitrogens with zero attached hydrogens (tertiary/aromatic N) is 2. The maximum Gasteiger partial charge on any atom is 0.573 e. The van der Waals surface area contributed by atoms with Crippen molar-refractivity contribution in [3.05, 3.63) is 53.3 Å². The molecule has 0 aliphatic heterocycles. The first kappa shape index (κ1) is 17.1. The largest absolute Gasteiger partial charge is 0.573 e. The van der Waals surface area contributed by atoms with Crippen LogP contribution in [0.2, 0.25) is 5.02 Å². The van der Waals surface area contributed by atoms with Gasteiger partial charge in [0, 0.05) is 18.0 Å². The predicted molar refractivity (Wildman–Crippen MR) is 93.3 cm³/mol. The van der Waals surface area contributed by atoms with E-state index < -0.39 is 6.36 Å². The Morgan fingerprint density at radius 1 is 1.00 bits per heavy atom. The van der Waals surface area contributed by atoms with E-state index in [1.54, 1.807) is 24.5 Å². The standard InChI is InChI=1S/C19H14ClF3N2O/c20-16-14(11-2-1-3-11)10-15(17-18(16)25-9-8-24-17)12-4-6-13(7-5-12)26-19(21,22)23/h4-11H,1-3H2. The molecule has 0 atom stereocenters. The third-order valence-corrected chi connectivity index (χ3v) is 5.06. The van der Waals surface area contributed by atoms with Gasteiger partial charge in [0.2, 0.25) is 0 Å². The summed E-state index contributed by atoms with van der Waals surface area (Å²) in [4.78, 5) is 8.75. The second kappa shape index (κ2) is 6.43. The SMILES string of the molecule is FC(F)(F)Oc1ccc(-c2cc(C3CCC3)c(Cl)c3nccnc23)cc1. The van der Waals surface area contributed by atoms with Crippen LogP contribution in [0.25, 0.3) is 22.2 Å². The van der Waals surface area contributed by atoms with E-state index in [1.807, 2.05) is 6.07 Å². The Hall–Kier alpha value is -2.34. The van der Waals surface area contributed by atoms with Gasteiger partial charge in [-0.2, -0.15) is 0 Å². The number of alkyl halides is 3. The maximum absolute atomic E-state index is 12.3. The van der Waals surface area contributed by atoms with Crippen LogP contribution in [0.5, 0.6) is 5.75 Å². The van der Waals surface area contributed by atoms with E-state index in [-0.39, 0.29) is 5.75 Å². The highest BCUT2D eigenvalue weighted by molar-refractivity contribution is 6.36. The summed E-state index contributed by atoms with van der Waals surface area (Å²) in [6.45, 7) is 0. The van der Waals surface area contributed by atoms with E-state index in [2.05, 4.69) is 14.7 Å². The zero-order valence-corrected chi connectivity index (χ0v) is 14.3. The first-order valence-corrected chi connectivity index (χ1v) is 8.59. The van der Waals surface area contributed by atoms with Gasteiger partial charge in [-0.1, -0.05) is 30.2 Å². The topological polar surface area (TPSA) is 35.0 Å². The summed E-state index contributed by atoms with van der Waals surface area (Å²) >= 11 is 6.56. The van der Waals surface area contributed by atoms with E-state index in [0.29, 0.717) is 22.0 Å². The van der Waals surface area contributed by atoms with Gasteiger partial charge in [0.15, 0.2) is 0 Å². The molecule has 7 heteroatoms. The summed E-state index contributed by atoms with van der Waals surface area (Å²) < 4.78 is 41.0. The third kappa shape index (κ3) is 3.21. The van der Waals surface area contributed by atoms with Gasteiger partial charge in [0.05, 0.1) is 10.5 Å². The highest BCUT2D eigenvalue weighted by Gasteiger charge is 2.31. The molecule has 0 saturated heterocycles. The molecule has 1 heterocycles. The Morgan fingerprint density at radius 3 is 2.23 bits per heavy atom. The molecule has 0 bridgehead atoms. The van der Waals surface area contributed by atoms with Crippen molar-refractivity contribution in [2.24, 2.45) is 0 Å². The first-order chi connectivity index (χ1) is 12.4. The Morgan fingerprint density at radius 2 is 1.65 bits per heavy atom. The van der Waals surface area contributed by atoms with E-state index in [9.17, 15) is 13.2 Å². The van der Waals surface area contributed by atoms with Crippen LogP contribution in [0.15, 0.2) is 42.7 Å². The molecule has 0 radical (unpaired) electrons. The van der Waals surface area contributed by atoms with Gasteiger partial charge in [-0.05, 0) is 48.1 Å². The Bertz CT molecular complexity index is 953. The van der Waals surface area contributed by atoms with E-state index in [0.717, 1.165) is 36.0 Å². The lowest BCUT2D eigenvalue weighted by Crippen LogP contribution is -2.16. The Balaban J connectivity index is 1.81. The van der Waals surface area contributed by atoms with Crippen LogP contribution in [-0.2, 0) is 0 Å². The number of rotatable bonds is 3. The summed E-state index contributed by atoms with van der Waals surface area (Å²) in [5, 5.41) is 0.610. The van der Waals surface area contributed by atoms with Gasteiger partial charge in [-0.15, -0.1) is 13.2 Å². The lowest BCUT2D eigenvalue weighted by atomic mass is 9.79. The van der Waals surface area contributed by atoms with E-state index >= 15 is 0 Å². The van der Waals surface area contributed by atoms with Gasteiger partial charge >= 0.3 is 6.36 Å². The minimum Gasteiger partial charge on any atom is -0.406 e. The van der Waals surface area contributed by atoms with Crippen molar-refractivity contribution >= 4 is 22.6 Å². The third-order valence-electron chi connectivity index (χ3n) is 4.66. The molecule has 3 aromatic rings. The molecule has 1 saturated carbocycles. The average molecular weight is 379 g/mol. The lowest BCUT2D eigenvalue weighted by molar-refractivity contribution is -0.274. The molecule has 0 spiro atoms. The van der Waals surface area contributed by atoms with Crippen LogP contribution < -0.4 is 4.74 Å². The fraction of sp³-hybridized carbons (Fsp3) is 0.263. The molecule has 1 aromatic heterocycles. The van der Waals surface area contributed by atoms with Crippen molar-refractivity contribution in [1.29, 1.82) is 0 Å². The van der Waals surface area contributed by atoms with Crippen LogP contribution in [0, 0.1) is 0 Å². The number of halogens is 4. The minimum absolute atomic E-state index is 0.259. The zero-order valence-electron chi connectivity index (χ0n) is 13.6. The fourth-order valence-electron chi connectivity index (χ4n) is 3.19. The van der Waals surface area contributed by atoms with Gasteiger partial charge in [-0.25, -0.2) is 0 Å². The summed E-state index contributed by atoms with van der Waals surface area (Å²) in [5.74, 6) is 0.130. The predicted octanol–water partition coefficient (Wildman–Crippen LogP) is 6.12. The summed E-state index contributed by atoms with van der Waals surface area (Å²) in [6.07, 6.45) is 1.76. The van der Waals surface area contributed by atoms with Gasteiger partial charge in [0.25, 0.3) is 0 Å². The number of ether oxygens (including phenoxy) is 1. The Labute approximate surface area is 152 Å². The molecule has 0 unspecified atom stereocenters. The first-order valence-electron chi connectivity index (χ1n) is 8.22. The molecule has 2 aromatic carbocycles. The highest BCUT2D eigenvalue weighted by Crippen LogP contribution is 2.44. The summed E-state index contributed by atoms with van der Waals surface area (Å²) in [6, 6.07) is 7.75. The molecule has 1 aliphatic carbocycles. The monoisotopic (exact) mass is 378 g/mol. The fourth-order valence-corrected chi connectivity index (χ4v) is 3.54. The molecule has 1 aliphatic rings. The molecule has 26 heavy (non-hydrogen) atoms. The zero-order chi connectivity index (χ0) is 18.3. The summed E-state index contributed by atoms with van der Waals surface area (Å²) in [5.41, 5.74) is 3.81. The summed E-state index contributed by atoms with van der Waals surface area (Å²) in [7, 11) is 0. The number of fused-ring (bicyclic) bond motifs is 1. The van der Waals surface area contributed by atoms with Crippen LogP contribution in [-0.4, -0.2) is 16.3 Å². The van der Waals surface area contributed by atoms with Gasteiger partial charge in [-0.3, -0.25) is 9.97 Å². The van der Waals surface area contributed by atoms with Crippen molar-refractivity contribution < 1.29 is 17.9 Å². The second-order valence-electron chi connectivity index (χ2n) is 6.28. The molecular weight excluding hydrogens is 365 g/mol. The molecule has 0 amide bonds. The number of hydrogen-bond acceptors (Lipinski definition) is 3. The van der Waals surface area contributed by atoms with Crippen molar-refractivity contribution in [3.8, 4) is 16.9 Å². The minimum atomic E-state index is -4.71. The maximum atomic E-state index is 12.3. The van der Waals surface area contributed by atoms with Crippen LogP contribution >= 0.6 is 11.6 Å². The normalized spacial score (nSPS) is 15.1. The molecule has 4 rings (SSSR count). The van der Waals surface area contributed by atoms with E-state index in [4.69, 9.17) is 11.6 Å². The smallest absolute Gasteiger partial charge is 0.406 e. The quantitative estimate of drug-likeness (QED) is 0.551. The van der Waals surface area contributed by atoms with Crippen LogP contribution in [0.1, 0.15) is 30.7 Å². The number of benzene rings is 2. The van der Waals surface area contributed by atoms with Crippen LogP contribution in [0.4, 0.5) is 13.2 Å². The van der Waals surface area contributed by atoms with Crippen molar-refractivity contribution in [1.82, 2.24) is 9.97 Å². The Kier molecular flexibility index (Phi) is 4.23. The van der Waals surface area contributed by atoms with Crippen LogP contribution in [0.3, 0.4) is 0 Å². The average Bonchev–Trinajstić information content (AvgIpc) is 2.55. The molecule has 0 N–H and O–H groups in total. The number of hydrogen-bond donors (Lipinski definition) is 0. The highest BCUT2D eigenvalue weighted by atomic mass is 35.5. The molecule has 134 valence electrons. The molecule has 1 fully saturated rings. The van der Waals surface area contributed by atoms with Gasteiger partial charge in [0.1, 0.15) is 11.3 Å². The van der Waals surface area contributed by atoms with Crippen molar-refractivity contribution in [3.63, 3.8) is 0 Å². The van der Waals surface area contributed by atoms with Crippen molar-refractivity contribution in [2.75, 3.05) is 0 Å². The second-order valence-corrected chi connectivity index (χ2v) is 6.66.